The molecule has 5 heteroatoms. The molecule has 0 radical (unpaired) electrons. The van der Waals surface area contributed by atoms with Gasteiger partial charge in [0.15, 0.2) is 0 Å². The van der Waals surface area contributed by atoms with Crippen LogP contribution in [0.2, 0.25) is 0 Å². The summed E-state index contributed by atoms with van der Waals surface area (Å²) in [5, 5.41) is 17.8. The van der Waals surface area contributed by atoms with Gasteiger partial charge in [-0.3, -0.25) is 0 Å². The van der Waals surface area contributed by atoms with Gasteiger partial charge in [0, 0.05) is 19.8 Å². The molecule has 1 aromatic carbocycles. The Bertz CT molecular complexity index is 452. The third-order valence-corrected chi connectivity index (χ3v) is 2.34. The van der Waals surface area contributed by atoms with E-state index >= 15 is 0 Å². The first-order valence-electron chi connectivity index (χ1n) is 4.63. The minimum atomic E-state index is -1.13. The van der Waals surface area contributed by atoms with Crippen LogP contribution in [-0.2, 0) is 0 Å². The molecule has 0 saturated carbocycles. The second-order valence-corrected chi connectivity index (χ2v) is 3.67. The Morgan fingerprint density at radius 1 is 1.12 bits per heavy atom. The van der Waals surface area contributed by atoms with Crippen molar-refractivity contribution in [1.82, 2.24) is 0 Å². The Kier molecular flexibility index (Phi) is 3.17. The highest BCUT2D eigenvalue weighted by Gasteiger charge is 2.16. The number of carbonyl (C=O) groups is 2. The molecular weight excluding hydrogens is 210 g/mol. The highest BCUT2D eigenvalue weighted by Crippen LogP contribution is 2.24. The Balaban J connectivity index is 3.51. The number of anilines is 1. The van der Waals surface area contributed by atoms with E-state index < -0.39 is 11.9 Å². The zero-order chi connectivity index (χ0) is 12.5. The van der Waals surface area contributed by atoms with Gasteiger partial charge in [0.2, 0.25) is 0 Å². The molecule has 16 heavy (non-hydrogen) atoms. The fourth-order valence-electron chi connectivity index (χ4n) is 1.51. The molecule has 0 spiro atoms. The van der Waals surface area contributed by atoms with Gasteiger partial charge in [-0.2, -0.15) is 0 Å². The molecule has 5 nitrogen and oxygen atoms in total. The van der Waals surface area contributed by atoms with Gasteiger partial charge in [-0.05, 0) is 24.6 Å². The maximum Gasteiger partial charge on any atom is 0.336 e. The van der Waals surface area contributed by atoms with E-state index in [1.165, 1.54) is 12.1 Å². The number of aromatic carboxylic acids is 2. The quantitative estimate of drug-likeness (QED) is 0.811. The van der Waals surface area contributed by atoms with Gasteiger partial charge in [0.1, 0.15) is 0 Å². The van der Waals surface area contributed by atoms with Crippen LogP contribution in [0.4, 0.5) is 5.69 Å². The first-order chi connectivity index (χ1) is 7.34. The van der Waals surface area contributed by atoms with Gasteiger partial charge in [-0.15, -0.1) is 0 Å². The Morgan fingerprint density at radius 3 is 2.06 bits per heavy atom. The fourth-order valence-corrected chi connectivity index (χ4v) is 1.51. The predicted octanol–water partition coefficient (Wildman–Crippen LogP) is 1.46. The molecule has 0 aliphatic rings. The number of hydrogen-bond donors (Lipinski definition) is 2. The number of hydrogen-bond acceptors (Lipinski definition) is 3. The van der Waals surface area contributed by atoms with Gasteiger partial charge in [0.05, 0.1) is 11.1 Å². The van der Waals surface area contributed by atoms with Crippen molar-refractivity contribution in [2.45, 2.75) is 6.92 Å². The largest absolute Gasteiger partial charge is 0.478 e. The number of benzene rings is 1. The third-order valence-electron chi connectivity index (χ3n) is 2.34. The van der Waals surface area contributed by atoms with E-state index in [-0.39, 0.29) is 11.1 Å². The number of carboxylic acid groups (broad SMARTS) is 2. The first kappa shape index (κ1) is 12.0. The van der Waals surface area contributed by atoms with Crippen LogP contribution in [-0.4, -0.2) is 36.2 Å². The number of nitrogens with zero attached hydrogens (tertiary/aromatic N) is 1. The van der Waals surface area contributed by atoms with Crippen molar-refractivity contribution in [1.29, 1.82) is 0 Å². The predicted molar refractivity (Wildman–Crippen MR) is 59.4 cm³/mol. The average molecular weight is 223 g/mol. The molecular formula is C11H13NO4. The van der Waals surface area contributed by atoms with Crippen LogP contribution < -0.4 is 4.90 Å². The zero-order valence-corrected chi connectivity index (χ0v) is 9.31. The lowest BCUT2D eigenvalue weighted by atomic mass is 10.0. The molecule has 2 N–H and O–H groups in total. The van der Waals surface area contributed by atoms with Crippen LogP contribution >= 0.6 is 0 Å². The van der Waals surface area contributed by atoms with Gasteiger partial charge in [0.25, 0.3) is 0 Å². The van der Waals surface area contributed by atoms with Crippen LogP contribution in [0.5, 0.6) is 0 Å². The van der Waals surface area contributed by atoms with E-state index in [4.69, 9.17) is 10.2 Å². The summed E-state index contributed by atoms with van der Waals surface area (Å²) in [6.45, 7) is 1.66. The Labute approximate surface area is 92.9 Å². The normalized spacial score (nSPS) is 9.94. The minimum Gasteiger partial charge on any atom is -0.478 e. The third kappa shape index (κ3) is 2.13. The van der Waals surface area contributed by atoms with Gasteiger partial charge < -0.3 is 15.1 Å². The van der Waals surface area contributed by atoms with Crippen LogP contribution in [0, 0.1) is 6.92 Å². The highest BCUT2D eigenvalue weighted by atomic mass is 16.4. The molecule has 1 aromatic rings. The van der Waals surface area contributed by atoms with Gasteiger partial charge >= 0.3 is 11.9 Å². The lowest BCUT2D eigenvalue weighted by Crippen LogP contribution is -2.14. The Hall–Kier alpha value is -2.04. The molecule has 0 aliphatic heterocycles. The van der Waals surface area contributed by atoms with Crippen molar-refractivity contribution < 1.29 is 19.8 Å². The summed E-state index contributed by atoms with van der Waals surface area (Å²) < 4.78 is 0. The lowest BCUT2D eigenvalue weighted by Gasteiger charge is -2.17. The standard InChI is InChI=1S/C11H13NO4/c1-6-8(11(15)16)4-7(10(13)14)5-9(6)12(2)3/h4-5H,1-3H3,(H,13,14)(H,15,16). The topological polar surface area (TPSA) is 77.8 Å². The van der Waals surface area contributed by atoms with Crippen molar-refractivity contribution in [3.63, 3.8) is 0 Å². The summed E-state index contributed by atoms with van der Waals surface area (Å²) >= 11 is 0. The minimum absolute atomic E-state index is 0.0172. The second-order valence-electron chi connectivity index (χ2n) is 3.67. The molecule has 86 valence electrons. The van der Waals surface area contributed by atoms with Crippen molar-refractivity contribution >= 4 is 17.6 Å². The van der Waals surface area contributed by atoms with E-state index in [9.17, 15) is 9.59 Å². The zero-order valence-electron chi connectivity index (χ0n) is 9.31. The summed E-state index contributed by atoms with van der Waals surface area (Å²) in [6, 6.07) is 2.64. The first-order valence-corrected chi connectivity index (χ1v) is 4.63. The molecule has 0 fully saturated rings. The van der Waals surface area contributed by atoms with E-state index in [0.29, 0.717) is 11.3 Å². The summed E-state index contributed by atoms with van der Waals surface area (Å²) in [5.74, 6) is -2.26. The molecule has 0 bridgehead atoms. The molecule has 0 saturated heterocycles. The summed E-state index contributed by atoms with van der Waals surface area (Å²) in [4.78, 5) is 23.5. The fraction of sp³-hybridized carbons (Fsp3) is 0.273. The maximum atomic E-state index is 11.0. The SMILES string of the molecule is Cc1c(C(=O)O)cc(C(=O)O)cc1N(C)C. The lowest BCUT2D eigenvalue weighted by molar-refractivity contribution is 0.0695. The molecule has 0 aliphatic carbocycles. The van der Waals surface area contributed by atoms with E-state index in [2.05, 4.69) is 0 Å². The van der Waals surface area contributed by atoms with Crippen molar-refractivity contribution in [2.24, 2.45) is 0 Å². The Morgan fingerprint density at radius 2 is 1.69 bits per heavy atom. The van der Waals surface area contributed by atoms with Crippen LogP contribution in [0.3, 0.4) is 0 Å². The summed E-state index contributed by atoms with van der Waals surface area (Å²) in [7, 11) is 3.47. The molecule has 0 unspecified atom stereocenters. The van der Waals surface area contributed by atoms with Crippen molar-refractivity contribution in [3.05, 3.63) is 28.8 Å². The summed E-state index contributed by atoms with van der Waals surface area (Å²) in [5.41, 5.74) is 1.15. The average Bonchev–Trinajstić information content (AvgIpc) is 2.16. The highest BCUT2D eigenvalue weighted by molar-refractivity contribution is 5.97. The second kappa shape index (κ2) is 4.22. The van der Waals surface area contributed by atoms with Crippen molar-refractivity contribution in [2.75, 3.05) is 19.0 Å². The molecule has 0 amide bonds. The van der Waals surface area contributed by atoms with Crippen molar-refractivity contribution in [3.8, 4) is 0 Å². The van der Waals surface area contributed by atoms with E-state index in [1.54, 1.807) is 25.9 Å². The van der Waals surface area contributed by atoms with Crippen LogP contribution in [0.15, 0.2) is 12.1 Å². The van der Waals surface area contributed by atoms with Crippen LogP contribution in [0.1, 0.15) is 26.3 Å². The van der Waals surface area contributed by atoms with Crippen LogP contribution in [0.25, 0.3) is 0 Å². The molecule has 0 aromatic heterocycles. The monoisotopic (exact) mass is 223 g/mol. The smallest absolute Gasteiger partial charge is 0.336 e. The number of rotatable bonds is 3. The van der Waals surface area contributed by atoms with E-state index in [0.717, 1.165) is 0 Å². The summed E-state index contributed by atoms with van der Waals surface area (Å²) in [6.07, 6.45) is 0. The van der Waals surface area contributed by atoms with Gasteiger partial charge in [-0.1, -0.05) is 0 Å². The molecule has 0 atom stereocenters. The maximum absolute atomic E-state index is 11.0. The molecule has 0 heterocycles. The number of carboxylic acids is 2. The molecule has 1 rings (SSSR count). The van der Waals surface area contributed by atoms with E-state index in [1.807, 2.05) is 0 Å². The van der Waals surface area contributed by atoms with Gasteiger partial charge in [-0.25, -0.2) is 9.59 Å².